The topological polar surface area (TPSA) is 44.8 Å². The average Bonchev–Trinajstić information content (AvgIpc) is 3.82. The van der Waals surface area contributed by atoms with Crippen LogP contribution in [0.25, 0.3) is 115 Å². The molecule has 0 spiro atoms. The lowest BCUT2D eigenvalue weighted by molar-refractivity contribution is 1.06. The van der Waals surface area contributed by atoms with E-state index in [4.69, 9.17) is 4.98 Å². The van der Waals surface area contributed by atoms with Gasteiger partial charge >= 0.3 is 0 Å². The zero-order valence-electron chi connectivity index (χ0n) is 32.8. The van der Waals surface area contributed by atoms with E-state index in [9.17, 15) is 0 Å². The van der Waals surface area contributed by atoms with Crippen LogP contribution in [0.15, 0.2) is 211 Å². The van der Waals surface area contributed by atoms with Crippen LogP contribution in [0.1, 0.15) is 0 Å². The molecule has 0 fully saturated rings. The Labute approximate surface area is 349 Å². The van der Waals surface area contributed by atoms with E-state index in [2.05, 4.69) is 167 Å². The second-order valence-corrected chi connectivity index (χ2v) is 15.9. The fourth-order valence-corrected chi connectivity index (χ4v) is 9.94. The molecule has 0 radical (unpaired) electrons. The summed E-state index contributed by atoms with van der Waals surface area (Å²) in [6.07, 6.45) is 0. The molecular weight excluding hydrogens is 745 g/mol. The Hall–Kier alpha value is -8.28. The summed E-state index contributed by atoms with van der Waals surface area (Å²) in [4.78, 5) is 20.1. The van der Waals surface area contributed by atoms with Gasteiger partial charge in [-0.15, -0.1) is 0 Å². The van der Waals surface area contributed by atoms with Crippen molar-refractivity contribution in [1.29, 1.82) is 0 Å². The SMILES string of the molecule is O=c1c2cc3c4ccccc4n(-c4ccccc4)c3cc2c2cc3c4ccccc4n(-c4ccc(-c5c6ccccc6nc6ccccc56)cc4)c3cc2n1-c1ccccc1. The van der Waals surface area contributed by atoms with Crippen LogP contribution in [0.4, 0.5) is 0 Å². The predicted molar refractivity (Wildman–Crippen MR) is 254 cm³/mol. The molecule has 0 aliphatic rings. The molecule has 0 amide bonds. The molecule has 0 bridgehead atoms. The Balaban J connectivity index is 1.11. The molecule has 61 heavy (non-hydrogen) atoms. The van der Waals surface area contributed by atoms with Gasteiger partial charge in [0.05, 0.1) is 38.6 Å². The number of benzene rings is 9. The van der Waals surface area contributed by atoms with Crippen molar-refractivity contribution in [3.8, 4) is 28.2 Å². The molecule has 9 aromatic carbocycles. The Morgan fingerprint density at radius 3 is 1.31 bits per heavy atom. The maximum Gasteiger partial charge on any atom is 0.263 e. The molecular formula is C56H34N4O. The largest absolute Gasteiger partial charge is 0.309 e. The van der Waals surface area contributed by atoms with Gasteiger partial charge < -0.3 is 9.13 Å². The summed E-state index contributed by atoms with van der Waals surface area (Å²) >= 11 is 0. The second kappa shape index (κ2) is 12.9. The highest BCUT2D eigenvalue weighted by Crippen LogP contribution is 2.41. The molecule has 0 aliphatic carbocycles. The summed E-state index contributed by atoms with van der Waals surface area (Å²) in [6, 6.07) is 72.3. The van der Waals surface area contributed by atoms with Gasteiger partial charge in [-0.2, -0.15) is 0 Å². The van der Waals surface area contributed by atoms with Crippen molar-refractivity contribution < 1.29 is 0 Å². The normalized spacial score (nSPS) is 12.0. The van der Waals surface area contributed by atoms with E-state index in [-0.39, 0.29) is 5.56 Å². The van der Waals surface area contributed by atoms with Gasteiger partial charge in [-0.25, -0.2) is 4.98 Å². The van der Waals surface area contributed by atoms with E-state index in [0.717, 1.165) is 104 Å². The number of fused-ring (bicyclic) bond motifs is 11. The highest BCUT2D eigenvalue weighted by Gasteiger charge is 2.21. The highest BCUT2D eigenvalue weighted by atomic mass is 16.1. The summed E-state index contributed by atoms with van der Waals surface area (Å²) < 4.78 is 6.57. The van der Waals surface area contributed by atoms with Crippen LogP contribution in [-0.4, -0.2) is 18.7 Å². The Morgan fingerprint density at radius 1 is 0.295 bits per heavy atom. The Kier molecular flexibility index (Phi) is 7.10. The fourth-order valence-electron chi connectivity index (χ4n) is 9.94. The molecule has 5 nitrogen and oxygen atoms in total. The number of aromatic nitrogens is 4. The number of hydrogen-bond acceptors (Lipinski definition) is 2. The summed E-state index contributed by atoms with van der Waals surface area (Å²) in [5, 5.41) is 9.35. The Bertz CT molecular complexity index is 3940. The van der Waals surface area contributed by atoms with E-state index in [0.29, 0.717) is 5.39 Å². The molecule has 0 saturated carbocycles. The van der Waals surface area contributed by atoms with Crippen LogP contribution in [-0.2, 0) is 0 Å². The molecule has 4 heterocycles. The first-order valence-corrected chi connectivity index (χ1v) is 20.7. The highest BCUT2D eigenvalue weighted by molar-refractivity contribution is 6.21. The minimum absolute atomic E-state index is 0.0460. The van der Waals surface area contributed by atoms with Crippen LogP contribution in [0, 0.1) is 0 Å². The van der Waals surface area contributed by atoms with Crippen molar-refractivity contribution in [1.82, 2.24) is 18.7 Å². The third kappa shape index (κ3) is 4.89. The first-order chi connectivity index (χ1) is 30.2. The maximum absolute atomic E-state index is 15.2. The molecule has 284 valence electrons. The first-order valence-electron chi connectivity index (χ1n) is 20.7. The van der Waals surface area contributed by atoms with Crippen molar-refractivity contribution >= 4 is 87.1 Å². The van der Waals surface area contributed by atoms with Crippen LogP contribution in [0.2, 0.25) is 0 Å². The molecule has 13 aromatic rings. The number of hydrogen-bond donors (Lipinski definition) is 0. The van der Waals surface area contributed by atoms with Gasteiger partial charge in [0.2, 0.25) is 0 Å². The van der Waals surface area contributed by atoms with Crippen molar-refractivity contribution in [2.75, 3.05) is 0 Å². The van der Waals surface area contributed by atoms with Gasteiger partial charge in [0.15, 0.2) is 0 Å². The number of pyridine rings is 2. The van der Waals surface area contributed by atoms with Crippen LogP contribution in [0.3, 0.4) is 0 Å². The Morgan fingerprint density at radius 2 is 0.721 bits per heavy atom. The van der Waals surface area contributed by atoms with E-state index in [1.54, 1.807) is 0 Å². The molecule has 4 aromatic heterocycles. The minimum Gasteiger partial charge on any atom is -0.309 e. The third-order valence-corrected chi connectivity index (χ3v) is 12.6. The quantitative estimate of drug-likeness (QED) is 0.132. The molecule has 13 rings (SSSR count). The molecule has 0 aliphatic heterocycles. The zero-order valence-corrected chi connectivity index (χ0v) is 32.8. The van der Waals surface area contributed by atoms with E-state index in [1.807, 2.05) is 53.1 Å². The maximum atomic E-state index is 15.2. The van der Waals surface area contributed by atoms with Crippen molar-refractivity contribution in [2.24, 2.45) is 0 Å². The summed E-state index contributed by atoms with van der Waals surface area (Å²) in [5.74, 6) is 0. The smallest absolute Gasteiger partial charge is 0.263 e. The van der Waals surface area contributed by atoms with Crippen molar-refractivity contribution in [2.45, 2.75) is 0 Å². The molecule has 5 heteroatoms. The van der Waals surface area contributed by atoms with E-state index < -0.39 is 0 Å². The van der Waals surface area contributed by atoms with Gasteiger partial charge in [0.1, 0.15) is 0 Å². The van der Waals surface area contributed by atoms with Crippen LogP contribution in [0.5, 0.6) is 0 Å². The lowest BCUT2D eigenvalue weighted by Crippen LogP contribution is -2.19. The lowest BCUT2D eigenvalue weighted by atomic mass is 9.96. The third-order valence-electron chi connectivity index (χ3n) is 12.6. The fraction of sp³-hybridized carbons (Fsp3) is 0. The van der Waals surface area contributed by atoms with Crippen molar-refractivity contribution in [3.63, 3.8) is 0 Å². The van der Waals surface area contributed by atoms with Gasteiger partial charge in [0, 0.05) is 65.7 Å². The van der Waals surface area contributed by atoms with Gasteiger partial charge in [-0.3, -0.25) is 9.36 Å². The second-order valence-electron chi connectivity index (χ2n) is 15.9. The lowest BCUT2D eigenvalue weighted by Gasteiger charge is -2.16. The summed E-state index contributed by atoms with van der Waals surface area (Å²) in [5.41, 5.74) is 12.3. The molecule has 0 saturated heterocycles. The van der Waals surface area contributed by atoms with Gasteiger partial charge in [0.25, 0.3) is 5.56 Å². The zero-order chi connectivity index (χ0) is 40.2. The van der Waals surface area contributed by atoms with Crippen LogP contribution >= 0.6 is 0 Å². The van der Waals surface area contributed by atoms with Gasteiger partial charge in [-0.05, 0) is 95.9 Å². The van der Waals surface area contributed by atoms with Gasteiger partial charge in [-0.1, -0.05) is 121 Å². The summed E-state index contributed by atoms with van der Waals surface area (Å²) in [6.45, 7) is 0. The summed E-state index contributed by atoms with van der Waals surface area (Å²) in [7, 11) is 0. The number of nitrogens with zero attached hydrogens (tertiary/aromatic N) is 4. The predicted octanol–water partition coefficient (Wildman–Crippen LogP) is 13.7. The molecule has 0 unspecified atom stereocenters. The number of para-hydroxylation sites is 6. The monoisotopic (exact) mass is 778 g/mol. The van der Waals surface area contributed by atoms with E-state index >= 15 is 4.79 Å². The van der Waals surface area contributed by atoms with Crippen LogP contribution < -0.4 is 5.56 Å². The molecule has 0 N–H and O–H groups in total. The van der Waals surface area contributed by atoms with E-state index in [1.165, 1.54) is 5.56 Å². The average molecular weight is 779 g/mol. The minimum atomic E-state index is -0.0460. The number of rotatable bonds is 4. The molecule has 0 atom stereocenters. The van der Waals surface area contributed by atoms with Crippen molar-refractivity contribution in [3.05, 3.63) is 217 Å². The first kappa shape index (κ1) is 33.7. The standard InChI is InChI=1S/C56H34N4O/c61-56-47-32-45-40-20-10-13-25-50(40)58(36-15-3-1-4-16-36)52(45)33-43(47)46-31-44-39-19-9-14-26-51(39)59(53(44)34-54(46)60(56)37-17-5-2-6-18-37)38-29-27-35(28-30-38)55-41-21-7-11-23-48(41)57-49-24-12-8-22-42(49)55/h1-34H.